The van der Waals surface area contributed by atoms with Crippen LogP contribution in [0.5, 0.6) is 0 Å². The van der Waals surface area contributed by atoms with E-state index < -0.39 is 0 Å². The molecule has 1 aliphatic carbocycles. The molecule has 5 heteroatoms. The van der Waals surface area contributed by atoms with E-state index in [1.807, 2.05) is 25.1 Å². The van der Waals surface area contributed by atoms with Gasteiger partial charge in [0.2, 0.25) is 5.71 Å². The summed E-state index contributed by atoms with van der Waals surface area (Å²) in [6.07, 6.45) is 2.36. The highest BCUT2D eigenvalue weighted by atomic mass is 15.3. The van der Waals surface area contributed by atoms with Gasteiger partial charge in [0, 0.05) is 6.04 Å². The summed E-state index contributed by atoms with van der Waals surface area (Å²) < 4.78 is 0. The summed E-state index contributed by atoms with van der Waals surface area (Å²) in [4.78, 5) is 0. The molecular weight excluding hydrogens is 226 g/mol. The molecule has 0 atom stereocenters. The van der Waals surface area contributed by atoms with E-state index in [0.717, 1.165) is 16.9 Å². The maximum atomic E-state index is 8.62. The lowest BCUT2D eigenvalue weighted by Gasteiger charge is -2.13. The fraction of sp³-hybridized carbons (Fsp3) is 0.308. The van der Waals surface area contributed by atoms with Gasteiger partial charge in [-0.05, 0) is 31.4 Å². The van der Waals surface area contributed by atoms with Crippen LogP contribution < -0.4 is 10.7 Å². The minimum atomic E-state index is -0.186. The Morgan fingerprint density at radius 3 is 2.67 bits per heavy atom. The highest BCUT2D eigenvalue weighted by Gasteiger charge is 2.22. The Bertz CT molecular complexity index is 542. The number of hydrogen-bond acceptors (Lipinski definition) is 5. The fourth-order valence-electron chi connectivity index (χ4n) is 1.58. The van der Waals surface area contributed by atoms with Crippen molar-refractivity contribution < 1.29 is 0 Å². The second-order valence-corrected chi connectivity index (χ2v) is 4.21. The lowest BCUT2D eigenvalue weighted by Crippen LogP contribution is -2.06. The van der Waals surface area contributed by atoms with Crippen molar-refractivity contribution >= 4 is 17.1 Å². The van der Waals surface area contributed by atoms with Gasteiger partial charge in [-0.15, -0.1) is 0 Å². The molecule has 0 bridgehead atoms. The van der Waals surface area contributed by atoms with Crippen LogP contribution in [0.15, 0.2) is 23.3 Å². The third kappa shape index (κ3) is 2.78. The summed E-state index contributed by atoms with van der Waals surface area (Å²) in [6, 6.07) is 9.74. The molecule has 0 radical (unpaired) electrons. The standard InChI is InChI=1S/C13H13N5/c1-9-3-2-4-12(13(9)16-10-5-6-10)18-17-11(7-14)8-15/h2-4,10,16,18H,5-6H2,1H3. The molecular formula is C13H13N5. The van der Waals surface area contributed by atoms with Gasteiger partial charge in [0.1, 0.15) is 12.1 Å². The molecule has 1 aromatic carbocycles. The minimum Gasteiger partial charge on any atom is -0.380 e. The third-order valence-electron chi connectivity index (χ3n) is 2.70. The number of nitrogens with zero attached hydrogens (tertiary/aromatic N) is 3. The summed E-state index contributed by atoms with van der Waals surface area (Å²) in [5.74, 6) is 0. The van der Waals surface area contributed by atoms with Gasteiger partial charge < -0.3 is 5.32 Å². The second-order valence-electron chi connectivity index (χ2n) is 4.21. The van der Waals surface area contributed by atoms with Crippen LogP contribution >= 0.6 is 0 Å². The quantitative estimate of drug-likeness (QED) is 0.624. The molecule has 1 aromatic rings. The van der Waals surface area contributed by atoms with Gasteiger partial charge in [-0.25, -0.2) is 0 Å². The molecule has 0 saturated heterocycles. The molecule has 1 saturated carbocycles. The summed E-state index contributed by atoms with van der Waals surface area (Å²) >= 11 is 0. The summed E-state index contributed by atoms with van der Waals surface area (Å²) in [5.41, 5.74) is 5.46. The second kappa shape index (κ2) is 5.20. The van der Waals surface area contributed by atoms with Gasteiger partial charge in [0.05, 0.1) is 11.4 Å². The molecule has 5 nitrogen and oxygen atoms in total. The molecule has 0 amide bonds. The van der Waals surface area contributed by atoms with Gasteiger partial charge in [-0.3, -0.25) is 5.43 Å². The van der Waals surface area contributed by atoms with Gasteiger partial charge >= 0.3 is 0 Å². The summed E-state index contributed by atoms with van der Waals surface area (Å²) in [6.45, 7) is 2.01. The average molecular weight is 239 g/mol. The van der Waals surface area contributed by atoms with E-state index in [0.29, 0.717) is 6.04 Å². The van der Waals surface area contributed by atoms with E-state index in [4.69, 9.17) is 10.5 Å². The molecule has 2 N–H and O–H groups in total. The highest BCUT2D eigenvalue weighted by Crippen LogP contribution is 2.31. The van der Waals surface area contributed by atoms with Crippen molar-refractivity contribution in [2.75, 3.05) is 10.7 Å². The molecule has 0 unspecified atom stereocenters. The van der Waals surface area contributed by atoms with Gasteiger partial charge in [0.15, 0.2) is 0 Å². The first-order valence-corrected chi connectivity index (χ1v) is 5.74. The number of rotatable bonds is 4. The monoisotopic (exact) mass is 239 g/mol. The Labute approximate surface area is 106 Å². The lowest BCUT2D eigenvalue weighted by atomic mass is 10.1. The van der Waals surface area contributed by atoms with Crippen molar-refractivity contribution in [1.82, 2.24) is 0 Å². The Morgan fingerprint density at radius 1 is 1.33 bits per heavy atom. The van der Waals surface area contributed by atoms with E-state index in [-0.39, 0.29) is 5.71 Å². The molecule has 0 heterocycles. The smallest absolute Gasteiger partial charge is 0.237 e. The minimum absolute atomic E-state index is 0.186. The van der Waals surface area contributed by atoms with Crippen LogP contribution in [0.2, 0.25) is 0 Å². The molecule has 18 heavy (non-hydrogen) atoms. The largest absolute Gasteiger partial charge is 0.380 e. The first-order chi connectivity index (χ1) is 8.74. The highest BCUT2D eigenvalue weighted by molar-refractivity contribution is 6.10. The topological polar surface area (TPSA) is 84.0 Å². The zero-order valence-electron chi connectivity index (χ0n) is 10.1. The number of nitrogens with one attached hydrogen (secondary N) is 2. The summed E-state index contributed by atoms with van der Waals surface area (Å²) in [5, 5.41) is 24.4. The van der Waals surface area contributed by atoms with Crippen LogP contribution in [-0.4, -0.2) is 11.8 Å². The molecule has 1 fully saturated rings. The third-order valence-corrected chi connectivity index (χ3v) is 2.70. The fourth-order valence-corrected chi connectivity index (χ4v) is 1.58. The van der Waals surface area contributed by atoms with E-state index in [2.05, 4.69) is 15.8 Å². The Hall–Kier alpha value is -2.53. The van der Waals surface area contributed by atoms with Crippen molar-refractivity contribution in [3.8, 4) is 12.1 Å². The van der Waals surface area contributed by atoms with Gasteiger partial charge in [0.25, 0.3) is 0 Å². The van der Waals surface area contributed by atoms with Gasteiger partial charge in [-0.2, -0.15) is 15.6 Å². The van der Waals surface area contributed by atoms with E-state index in [1.54, 1.807) is 12.1 Å². The molecule has 0 aromatic heterocycles. The molecule has 0 spiro atoms. The van der Waals surface area contributed by atoms with Crippen LogP contribution in [0.3, 0.4) is 0 Å². The number of aryl methyl sites for hydroxylation is 1. The number of benzene rings is 1. The average Bonchev–Trinajstić information content (AvgIpc) is 3.18. The first-order valence-electron chi connectivity index (χ1n) is 5.74. The van der Waals surface area contributed by atoms with Crippen molar-refractivity contribution in [2.24, 2.45) is 5.10 Å². The maximum Gasteiger partial charge on any atom is 0.237 e. The van der Waals surface area contributed by atoms with Crippen molar-refractivity contribution in [3.05, 3.63) is 23.8 Å². The Kier molecular flexibility index (Phi) is 3.45. The predicted octanol–water partition coefficient (Wildman–Crippen LogP) is 2.38. The summed E-state index contributed by atoms with van der Waals surface area (Å²) in [7, 11) is 0. The van der Waals surface area contributed by atoms with Crippen LogP contribution in [0.4, 0.5) is 11.4 Å². The SMILES string of the molecule is Cc1cccc(NN=C(C#N)C#N)c1NC1CC1. The number of anilines is 2. The zero-order valence-corrected chi connectivity index (χ0v) is 10.1. The van der Waals surface area contributed by atoms with Crippen LogP contribution in [0, 0.1) is 29.6 Å². The Balaban J connectivity index is 2.22. The van der Waals surface area contributed by atoms with Crippen LogP contribution in [-0.2, 0) is 0 Å². The predicted molar refractivity (Wildman–Crippen MR) is 70.1 cm³/mol. The normalized spacial score (nSPS) is 13.1. The number of nitriles is 2. The molecule has 2 rings (SSSR count). The van der Waals surface area contributed by atoms with Crippen LogP contribution in [0.1, 0.15) is 18.4 Å². The molecule has 0 aliphatic heterocycles. The van der Waals surface area contributed by atoms with Crippen molar-refractivity contribution in [3.63, 3.8) is 0 Å². The van der Waals surface area contributed by atoms with E-state index >= 15 is 0 Å². The first kappa shape index (κ1) is 11.9. The van der Waals surface area contributed by atoms with E-state index in [1.165, 1.54) is 12.8 Å². The number of hydrogen-bond donors (Lipinski definition) is 2. The van der Waals surface area contributed by atoms with Gasteiger partial charge in [-0.1, -0.05) is 12.1 Å². The van der Waals surface area contributed by atoms with Crippen molar-refractivity contribution in [1.29, 1.82) is 10.5 Å². The zero-order chi connectivity index (χ0) is 13.0. The maximum absolute atomic E-state index is 8.62. The van der Waals surface area contributed by atoms with Crippen LogP contribution in [0.25, 0.3) is 0 Å². The molecule has 90 valence electrons. The lowest BCUT2D eigenvalue weighted by molar-refractivity contribution is 1.14. The van der Waals surface area contributed by atoms with E-state index in [9.17, 15) is 0 Å². The number of hydrazone groups is 1. The Morgan fingerprint density at radius 2 is 2.06 bits per heavy atom. The van der Waals surface area contributed by atoms with Crippen molar-refractivity contribution in [2.45, 2.75) is 25.8 Å². The molecule has 1 aliphatic rings. The number of para-hydroxylation sites is 1.